The molecule has 0 spiro atoms. The normalized spacial score (nSPS) is 10.6. The Kier molecular flexibility index (Phi) is 2.83. The van der Waals surface area contributed by atoms with Crippen LogP contribution >= 0.6 is 15.9 Å². The lowest BCUT2D eigenvalue weighted by atomic mass is 10.1. The smallest absolute Gasteiger partial charge is 0.181 e. The van der Waals surface area contributed by atoms with Crippen LogP contribution in [-0.4, -0.2) is 10.1 Å². The molecule has 1 N–H and O–H groups in total. The lowest BCUT2D eigenvalue weighted by Crippen LogP contribution is -1.89. The van der Waals surface area contributed by atoms with E-state index < -0.39 is 0 Å². The molecule has 15 heavy (non-hydrogen) atoms. The highest BCUT2D eigenvalue weighted by Gasteiger charge is 2.14. The van der Waals surface area contributed by atoms with Gasteiger partial charge >= 0.3 is 0 Å². The van der Waals surface area contributed by atoms with Gasteiger partial charge in [0.1, 0.15) is 11.5 Å². The molecular formula is C10H7BrFNO2. The molecule has 0 aliphatic heterocycles. The predicted octanol–water partition coefficient (Wildman–Crippen LogP) is 2.74. The molecule has 0 saturated carbocycles. The number of aromatic nitrogens is 1. The van der Waals surface area contributed by atoms with Crippen LogP contribution in [0.25, 0.3) is 11.3 Å². The fraction of sp³-hybridized carbons (Fsp3) is 0.100. The molecule has 0 aliphatic rings. The van der Waals surface area contributed by atoms with Crippen molar-refractivity contribution in [1.29, 1.82) is 0 Å². The maximum absolute atomic E-state index is 13.2. The third-order valence-corrected chi connectivity index (χ3v) is 2.79. The van der Waals surface area contributed by atoms with E-state index in [1.165, 1.54) is 12.5 Å². The van der Waals surface area contributed by atoms with Gasteiger partial charge in [0, 0.05) is 5.56 Å². The van der Waals surface area contributed by atoms with E-state index in [2.05, 4.69) is 20.9 Å². The highest BCUT2D eigenvalue weighted by atomic mass is 79.9. The maximum Gasteiger partial charge on any atom is 0.181 e. The van der Waals surface area contributed by atoms with E-state index in [4.69, 9.17) is 9.52 Å². The number of hydrogen-bond donors (Lipinski definition) is 1. The third kappa shape index (κ3) is 1.80. The van der Waals surface area contributed by atoms with E-state index >= 15 is 0 Å². The number of benzene rings is 1. The molecular weight excluding hydrogens is 265 g/mol. The Hall–Kier alpha value is -1.20. The molecule has 0 radical (unpaired) electrons. The predicted molar refractivity (Wildman–Crippen MR) is 55.5 cm³/mol. The van der Waals surface area contributed by atoms with Gasteiger partial charge in [0.2, 0.25) is 0 Å². The van der Waals surface area contributed by atoms with Gasteiger partial charge in [0.25, 0.3) is 0 Å². The van der Waals surface area contributed by atoms with Gasteiger partial charge in [-0.2, -0.15) is 0 Å². The molecule has 1 aromatic heterocycles. The molecule has 5 heteroatoms. The number of aliphatic hydroxyl groups excluding tert-OH is 1. The number of aliphatic hydroxyl groups is 1. The van der Waals surface area contributed by atoms with Crippen LogP contribution < -0.4 is 0 Å². The van der Waals surface area contributed by atoms with Crippen LogP contribution in [0, 0.1) is 5.82 Å². The molecule has 2 rings (SSSR count). The van der Waals surface area contributed by atoms with Gasteiger partial charge in [-0.25, -0.2) is 9.37 Å². The monoisotopic (exact) mass is 271 g/mol. The molecule has 0 fully saturated rings. The Morgan fingerprint density at radius 2 is 2.27 bits per heavy atom. The zero-order valence-electron chi connectivity index (χ0n) is 7.58. The summed E-state index contributed by atoms with van der Waals surface area (Å²) in [6, 6.07) is 4.59. The van der Waals surface area contributed by atoms with Gasteiger partial charge in [-0.3, -0.25) is 0 Å². The number of halogens is 2. The largest absolute Gasteiger partial charge is 0.443 e. The van der Waals surface area contributed by atoms with Crippen LogP contribution in [0.4, 0.5) is 4.39 Å². The molecule has 78 valence electrons. The summed E-state index contributed by atoms with van der Waals surface area (Å²) < 4.78 is 18.6. The van der Waals surface area contributed by atoms with Crippen LogP contribution in [0.3, 0.4) is 0 Å². The van der Waals surface area contributed by atoms with Gasteiger partial charge in [0.15, 0.2) is 12.2 Å². The first-order valence-electron chi connectivity index (χ1n) is 4.21. The Morgan fingerprint density at radius 1 is 1.47 bits per heavy atom. The number of hydrogen-bond acceptors (Lipinski definition) is 3. The van der Waals surface area contributed by atoms with Crippen LogP contribution in [0.1, 0.15) is 5.69 Å². The average Bonchev–Trinajstić information content (AvgIpc) is 2.70. The summed E-state index contributed by atoms with van der Waals surface area (Å²) in [5.41, 5.74) is 0.929. The fourth-order valence-corrected chi connectivity index (χ4v) is 1.72. The van der Waals surface area contributed by atoms with E-state index in [0.717, 1.165) is 0 Å². The SMILES string of the molecule is OCc1ncoc1-c1cccc(F)c1Br. The second-order valence-electron chi connectivity index (χ2n) is 2.89. The summed E-state index contributed by atoms with van der Waals surface area (Å²) in [6.07, 6.45) is 1.22. The Bertz CT molecular complexity index is 484. The van der Waals surface area contributed by atoms with Gasteiger partial charge in [-0.15, -0.1) is 0 Å². The Morgan fingerprint density at radius 3 is 3.00 bits per heavy atom. The first-order chi connectivity index (χ1) is 7.24. The van der Waals surface area contributed by atoms with Crippen molar-refractivity contribution in [3.8, 4) is 11.3 Å². The number of oxazole rings is 1. The van der Waals surface area contributed by atoms with Gasteiger partial charge in [-0.1, -0.05) is 6.07 Å². The minimum absolute atomic E-state index is 0.241. The topological polar surface area (TPSA) is 46.3 Å². The van der Waals surface area contributed by atoms with Crippen LogP contribution in [-0.2, 0) is 6.61 Å². The molecule has 2 aromatic rings. The minimum atomic E-state index is -0.382. The number of nitrogens with zero attached hydrogens (tertiary/aromatic N) is 1. The van der Waals surface area contributed by atoms with Crippen molar-refractivity contribution in [3.05, 3.63) is 40.6 Å². The molecule has 0 saturated heterocycles. The highest BCUT2D eigenvalue weighted by molar-refractivity contribution is 9.10. The van der Waals surface area contributed by atoms with Crippen molar-refractivity contribution in [3.63, 3.8) is 0 Å². The van der Waals surface area contributed by atoms with Gasteiger partial charge < -0.3 is 9.52 Å². The van der Waals surface area contributed by atoms with Gasteiger partial charge in [-0.05, 0) is 28.1 Å². The molecule has 0 aliphatic carbocycles. The third-order valence-electron chi connectivity index (χ3n) is 1.99. The van der Waals surface area contributed by atoms with Crippen molar-refractivity contribution in [2.45, 2.75) is 6.61 Å². The fourth-order valence-electron chi connectivity index (χ4n) is 1.28. The summed E-state index contributed by atoms with van der Waals surface area (Å²) in [6.45, 7) is -0.241. The lowest BCUT2D eigenvalue weighted by Gasteiger charge is -2.02. The molecule has 0 unspecified atom stereocenters. The van der Waals surface area contributed by atoms with Crippen LogP contribution in [0.2, 0.25) is 0 Å². The zero-order chi connectivity index (χ0) is 10.8. The number of rotatable bonds is 2. The highest BCUT2D eigenvalue weighted by Crippen LogP contribution is 2.32. The van der Waals surface area contributed by atoms with E-state index in [-0.39, 0.29) is 12.4 Å². The van der Waals surface area contributed by atoms with E-state index in [9.17, 15) is 4.39 Å². The second kappa shape index (κ2) is 4.12. The standard InChI is InChI=1S/C10H7BrFNO2/c11-9-6(2-1-3-7(9)12)10-8(4-14)13-5-15-10/h1-3,5,14H,4H2. The quantitative estimate of drug-likeness (QED) is 0.914. The van der Waals surface area contributed by atoms with Crippen LogP contribution in [0.15, 0.2) is 33.5 Å². The van der Waals surface area contributed by atoms with Crippen molar-refractivity contribution < 1.29 is 13.9 Å². The van der Waals surface area contributed by atoms with Crippen LogP contribution in [0.5, 0.6) is 0 Å². The summed E-state index contributed by atoms with van der Waals surface area (Å²) in [4.78, 5) is 3.82. The van der Waals surface area contributed by atoms with Gasteiger partial charge in [0.05, 0.1) is 11.1 Å². The minimum Gasteiger partial charge on any atom is -0.443 e. The summed E-state index contributed by atoms with van der Waals surface area (Å²) in [7, 11) is 0. The first kappa shape index (κ1) is 10.3. The van der Waals surface area contributed by atoms with Crippen molar-refractivity contribution in [2.75, 3.05) is 0 Å². The molecule has 0 bridgehead atoms. The average molecular weight is 272 g/mol. The van der Waals surface area contributed by atoms with E-state index in [1.54, 1.807) is 12.1 Å². The van der Waals surface area contributed by atoms with E-state index in [1.807, 2.05) is 0 Å². The molecule has 0 amide bonds. The van der Waals surface area contributed by atoms with Crippen molar-refractivity contribution in [1.82, 2.24) is 4.98 Å². The molecule has 1 aromatic carbocycles. The Balaban J connectivity index is 2.59. The first-order valence-corrected chi connectivity index (χ1v) is 5.01. The van der Waals surface area contributed by atoms with Crippen molar-refractivity contribution >= 4 is 15.9 Å². The summed E-state index contributed by atoms with van der Waals surface area (Å²) in [5, 5.41) is 9.00. The second-order valence-corrected chi connectivity index (χ2v) is 3.68. The Labute approximate surface area is 93.7 Å². The summed E-state index contributed by atoms with van der Waals surface area (Å²) in [5.74, 6) is -0.00309. The lowest BCUT2D eigenvalue weighted by molar-refractivity contribution is 0.277. The molecule has 3 nitrogen and oxygen atoms in total. The van der Waals surface area contributed by atoms with Crippen molar-refractivity contribution in [2.24, 2.45) is 0 Å². The molecule has 1 heterocycles. The zero-order valence-corrected chi connectivity index (χ0v) is 9.16. The summed E-state index contributed by atoms with van der Waals surface area (Å²) >= 11 is 3.12. The van der Waals surface area contributed by atoms with E-state index in [0.29, 0.717) is 21.5 Å². The maximum atomic E-state index is 13.2. The molecule has 0 atom stereocenters.